The number of hydrogen-bond acceptors (Lipinski definition) is 6. The molecular formula is C20H19Cl2N7. The molecule has 0 spiro atoms. The number of rotatable bonds is 3. The highest BCUT2D eigenvalue weighted by molar-refractivity contribution is 6.43. The summed E-state index contributed by atoms with van der Waals surface area (Å²) in [6, 6.07) is 7.49. The maximum Gasteiger partial charge on any atom is 0.228 e. The molecule has 0 amide bonds. The molecular weight excluding hydrogens is 409 g/mol. The fourth-order valence-electron chi connectivity index (χ4n) is 4.21. The molecule has 1 saturated carbocycles. The lowest BCUT2D eigenvalue weighted by atomic mass is 9.84. The molecule has 1 aliphatic heterocycles. The molecule has 148 valence electrons. The Hall–Kier alpha value is -2.40. The van der Waals surface area contributed by atoms with Crippen molar-refractivity contribution in [3.05, 3.63) is 33.9 Å². The number of fused-ring (bicyclic) bond motifs is 1. The smallest absolute Gasteiger partial charge is 0.228 e. The summed E-state index contributed by atoms with van der Waals surface area (Å²) in [5.74, 6) is 1.18. The van der Waals surface area contributed by atoms with E-state index in [4.69, 9.17) is 28.9 Å². The van der Waals surface area contributed by atoms with Crippen LogP contribution < -0.4 is 10.6 Å². The third-order valence-corrected chi connectivity index (χ3v) is 6.91. The van der Waals surface area contributed by atoms with E-state index in [1.165, 1.54) is 12.8 Å². The van der Waals surface area contributed by atoms with Gasteiger partial charge in [-0.25, -0.2) is 4.98 Å². The van der Waals surface area contributed by atoms with Gasteiger partial charge in [0.1, 0.15) is 11.8 Å². The molecule has 3 aromatic rings. The van der Waals surface area contributed by atoms with E-state index >= 15 is 0 Å². The number of benzene rings is 1. The highest BCUT2D eigenvalue weighted by Crippen LogP contribution is 2.44. The van der Waals surface area contributed by atoms with Gasteiger partial charge in [0.05, 0.1) is 15.4 Å². The molecule has 1 saturated heterocycles. The Morgan fingerprint density at radius 2 is 1.97 bits per heavy atom. The molecule has 0 atom stereocenters. The van der Waals surface area contributed by atoms with Crippen molar-refractivity contribution in [1.29, 1.82) is 5.26 Å². The number of H-pyrrole nitrogens is 1. The van der Waals surface area contributed by atoms with Crippen LogP contribution in [0.2, 0.25) is 10.0 Å². The number of halogens is 2. The van der Waals surface area contributed by atoms with Crippen LogP contribution in [0, 0.1) is 17.2 Å². The van der Waals surface area contributed by atoms with Gasteiger partial charge in [0.2, 0.25) is 5.95 Å². The quantitative estimate of drug-likeness (QED) is 0.655. The zero-order valence-electron chi connectivity index (χ0n) is 15.6. The van der Waals surface area contributed by atoms with Crippen LogP contribution >= 0.6 is 23.2 Å². The summed E-state index contributed by atoms with van der Waals surface area (Å²) in [5, 5.41) is 18.4. The fourth-order valence-corrected chi connectivity index (χ4v) is 4.60. The third kappa shape index (κ3) is 3.12. The molecule has 0 unspecified atom stereocenters. The lowest BCUT2D eigenvalue weighted by molar-refractivity contribution is 0.292. The van der Waals surface area contributed by atoms with Gasteiger partial charge in [-0.05, 0) is 37.7 Å². The van der Waals surface area contributed by atoms with E-state index in [1.54, 1.807) is 12.1 Å². The second-order valence-corrected chi connectivity index (χ2v) is 8.66. The van der Waals surface area contributed by atoms with E-state index in [0.29, 0.717) is 44.2 Å². The Bertz CT molecular complexity index is 1140. The van der Waals surface area contributed by atoms with Crippen molar-refractivity contribution < 1.29 is 0 Å². The zero-order valence-corrected chi connectivity index (χ0v) is 17.1. The highest BCUT2D eigenvalue weighted by Gasteiger charge is 2.44. The average Bonchev–Trinajstić information content (AvgIpc) is 3.51. The van der Waals surface area contributed by atoms with E-state index in [0.717, 1.165) is 25.9 Å². The maximum atomic E-state index is 9.76. The van der Waals surface area contributed by atoms with Crippen molar-refractivity contribution in [3.63, 3.8) is 0 Å². The summed E-state index contributed by atoms with van der Waals surface area (Å²) in [5.41, 5.74) is 8.44. The molecule has 2 aromatic heterocycles. The van der Waals surface area contributed by atoms with Crippen molar-refractivity contribution in [3.8, 4) is 17.3 Å². The monoisotopic (exact) mass is 427 g/mol. The minimum atomic E-state index is -0.0663. The van der Waals surface area contributed by atoms with Crippen molar-refractivity contribution in [2.24, 2.45) is 11.7 Å². The van der Waals surface area contributed by atoms with Crippen LogP contribution in [0.25, 0.3) is 22.3 Å². The van der Waals surface area contributed by atoms with E-state index in [-0.39, 0.29) is 11.2 Å². The first-order chi connectivity index (χ1) is 14.0. The van der Waals surface area contributed by atoms with Crippen LogP contribution in [0.5, 0.6) is 0 Å². The van der Waals surface area contributed by atoms with Crippen LogP contribution in [0.15, 0.2) is 18.2 Å². The third-order valence-electron chi connectivity index (χ3n) is 6.09. The minimum Gasteiger partial charge on any atom is -0.341 e. The Labute approximate surface area is 177 Å². The Morgan fingerprint density at radius 3 is 2.66 bits per heavy atom. The maximum absolute atomic E-state index is 9.76. The van der Waals surface area contributed by atoms with E-state index < -0.39 is 0 Å². The van der Waals surface area contributed by atoms with Gasteiger partial charge in [-0.3, -0.25) is 5.10 Å². The molecule has 1 aliphatic carbocycles. The van der Waals surface area contributed by atoms with Gasteiger partial charge in [0.25, 0.3) is 0 Å². The molecule has 7 nitrogen and oxygen atoms in total. The number of nitrogens with one attached hydrogen (secondary N) is 1. The first kappa shape index (κ1) is 18.6. The molecule has 0 radical (unpaired) electrons. The van der Waals surface area contributed by atoms with Crippen molar-refractivity contribution in [2.45, 2.75) is 31.2 Å². The number of aromatic nitrogens is 4. The standard InChI is InChI=1S/C20H19Cl2N7/c21-13-3-1-2-12(16(13)22)17-15-14(10-23)25-19(26-18(15)28-27-17)29-8-6-20(24,7-9-29)11-4-5-11/h1-3,11H,4-9,24H2,(H,25,26,27,28). The van der Waals surface area contributed by atoms with Crippen LogP contribution in [-0.4, -0.2) is 38.8 Å². The van der Waals surface area contributed by atoms with Gasteiger partial charge in [0.15, 0.2) is 11.3 Å². The lowest BCUT2D eigenvalue weighted by Crippen LogP contribution is -2.52. The molecule has 2 fully saturated rings. The number of nitrogens with zero attached hydrogens (tertiary/aromatic N) is 5. The van der Waals surface area contributed by atoms with E-state index in [1.807, 2.05) is 6.07 Å². The van der Waals surface area contributed by atoms with Gasteiger partial charge < -0.3 is 10.6 Å². The highest BCUT2D eigenvalue weighted by atomic mass is 35.5. The van der Waals surface area contributed by atoms with Crippen molar-refractivity contribution in [1.82, 2.24) is 20.2 Å². The summed E-state index contributed by atoms with van der Waals surface area (Å²) in [6.07, 6.45) is 4.29. The first-order valence-corrected chi connectivity index (χ1v) is 10.4. The average molecular weight is 428 g/mol. The molecule has 3 N–H and O–H groups in total. The summed E-state index contributed by atoms with van der Waals surface area (Å²) in [4.78, 5) is 11.3. The predicted molar refractivity (Wildman–Crippen MR) is 113 cm³/mol. The summed E-state index contributed by atoms with van der Waals surface area (Å²) < 4.78 is 0. The second-order valence-electron chi connectivity index (χ2n) is 7.88. The molecule has 5 rings (SSSR count). The number of hydrogen-bond donors (Lipinski definition) is 2. The van der Waals surface area contributed by atoms with Crippen molar-refractivity contribution >= 4 is 40.2 Å². The molecule has 29 heavy (non-hydrogen) atoms. The zero-order chi connectivity index (χ0) is 20.2. The van der Waals surface area contributed by atoms with Crippen LogP contribution in [0.1, 0.15) is 31.4 Å². The number of aromatic amines is 1. The Balaban J connectivity index is 1.52. The lowest BCUT2D eigenvalue weighted by Gasteiger charge is -2.39. The number of nitriles is 1. The number of anilines is 1. The SMILES string of the molecule is N#Cc1nc(N2CCC(N)(C3CC3)CC2)nc2[nH]nc(-c3cccc(Cl)c3Cl)c12. The van der Waals surface area contributed by atoms with E-state index in [9.17, 15) is 5.26 Å². The number of piperidine rings is 1. The Morgan fingerprint density at radius 1 is 1.21 bits per heavy atom. The van der Waals surface area contributed by atoms with Crippen LogP contribution in [-0.2, 0) is 0 Å². The molecule has 3 heterocycles. The number of nitrogens with two attached hydrogens (primary N) is 1. The molecule has 1 aromatic carbocycles. The minimum absolute atomic E-state index is 0.0663. The molecule has 9 heteroatoms. The summed E-state index contributed by atoms with van der Waals surface area (Å²) in [7, 11) is 0. The summed E-state index contributed by atoms with van der Waals surface area (Å²) in [6.45, 7) is 1.56. The summed E-state index contributed by atoms with van der Waals surface area (Å²) >= 11 is 12.5. The molecule has 2 aliphatic rings. The first-order valence-electron chi connectivity index (χ1n) is 9.64. The van der Waals surface area contributed by atoms with E-state index in [2.05, 4.69) is 31.1 Å². The van der Waals surface area contributed by atoms with Gasteiger partial charge in [-0.2, -0.15) is 15.3 Å². The van der Waals surface area contributed by atoms with Crippen LogP contribution in [0.3, 0.4) is 0 Å². The van der Waals surface area contributed by atoms with Gasteiger partial charge >= 0.3 is 0 Å². The second kappa shape index (κ2) is 6.84. The van der Waals surface area contributed by atoms with Gasteiger partial charge in [-0.15, -0.1) is 0 Å². The largest absolute Gasteiger partial charge is 0.341 e. The van der Waals surface area contributed by atoms with Crippen LogP contribution in [0.4, 0.5) is 5.95 Å². The Kier molecular flexibility index (Phi) is 4.39. The predicted octanol–water partition coefficient (Wildman–Crippen LogP) is 3.91. The molecule has 0 bridgehead atoms. The van der Waals surface area contributed by atoms with Gasteiger partial charge in [-0.1, -0.05) is 35.3 Å². The van der Waals surface area contributed by atoms with Crippen molar-refractivity contribution in [2.75, 3.05) is 18.0 Å². The normalized spacial score (nSPS) is 18.8. The fraction of sp³-hybridized carbons (Fsp3) is 0.400. The topological polar surface area (TPSA) is 108 Å². The van der Waals surface area contributed by atoms with Gasteiger partial charge in [0, 0.05) is 24.2 Å².